The number of piperidine rings is 1. The number of benzene rings is 2. The molecular weight excluding hydrogens is 454 g/mol. The van der Waals surface area contributed by atoms with Gasteiger partial charge >= 0.3 is 0 Å². The first-order valence-electron chi connectivity index (χ1n) is 11.5. The van der Waals surface area contributed by atoms with Crippen LogP contribution in [0.25, 0.3) is 0 Å². The number of nitrogens with zero attached hydrogens (tertiary/aromatic N) is 3. The van der Waals surface area contributed by atoms with E-state index in [4.69, 9.17) is 26.2 Å². The maximum atomic E-state index is 13.4. The third-order valence-corrected chi connectivity index (χ3v) is 6.72. The fraction of sp³-hybridized carbons (Fsp3) is 0.423. The fourth-order valence-corrected chi connectivity index (χ4v) is 4.62. The van der Waals surface area contributed by atoms with Gasteiger partial charge in [0.1, 0.15) is 12.5 Å². The van der Waals surface area contributed by atoms with Crippen LogP contribution in [0.2, 0.25) is 0 Å². The van der Waals surface area contributed by atoms with Crippen LogP contribution >= 0.6 is 11.6 Å². The van der Waals surface area contributed by atoms with E-state index in [1.807, 2.05) is 62.4 Å². The van der Waals surface area contributed by atoms with Crippen molar-refractivity contribution in [1.29, 1.82) is 0 Å². The van der Waals surface area contributed by atoms with Crippen LogP contribution in [0.4, 0.5) is 0 Å². The molecule has 1 saturated heterocycles. The second-order valence-corrected chi connectivity index (χ2v) is 9.38. The molecule has 180 valence electrons. The molecule has 2 aromatic carbocycles. The summed E-state index contributed by atoms with van der Waals surface area (Å²) >= 11 is 5.69. The number of carbonyl (C=O) groups excluding carboxylic acids is 2. The highest BCUT2D eigenvalue weighted by Crippen LogP contribution is 2.38. The number of hydrazone groups is 1. The Hall–Kier alpha value is -3.06. The van der Waals surface area contributed by atoms with Gasteiger partial charge in [-0.1, -0.05) is 30.3 Å². The Kier molecular flexibility index (Phi) is 7.12. The topological polar surface area (TPSA) is 71.4 Å². The number of amides is 2. The van der Waals surface area contributed by atoms with Crippen molar-refractivity contribution in [3.63, 3.8) is 0 Å². The summed E-state index contributed by atoms with van der Waals surface area (Å²) in [6.07, 6.45) is 1.35. The van der Waals surface area contributed by atoms with Crippen LogP contribution in [-0.2, 0) is 16.2 Å². The van der Waals surface area contributed by atoms with E-state index in [-0.39, 0.29) is 23.7 Å². The molecule has 0 atom stereocenters. The smallest absolute Gasteiger partial charge is 0.254 e. The predicted molar refractivity (Wildman–Crippen MR) is 131 cm³/mol. The maximum Gasteiger partial charge on any atom is 0.254 e. The monoisotopic (exact) mass is 483 g/mol. The van der Waals surface area contributed by atoms with E-state index < -0.39 is 5.41 Å². The standard InChI is InChI=1S/C26H30ClN3O4/c1-26(2)24(28-30(25(26)32)20-11-13-29(14-12-20)23(31)16-27)19-9-10-21(33-3)22(15-19)34-17-18-7-5-4-6-8-18/h4-10,15,20H,11-14,16-17H2,1-3H3. The quantitative estimate of drug-likeness (QED) is 0.556. The number of ether oxygens (including phenoxy) is 2. The zero-order valence-corrected chi connectivity index (χ0v) is 20.5. The van der Waals surface area contributed by atoms with E-state index in [9.17, 15) is 9.59 Å². The molecule has 2 aliphatic rings. The second kappa shape index (κ2) is 10.1. The number of rotatable bonds is 7. The van der Waals surface area contributed by atoms with Crippen molar-refractivity contribution < 1.29 is 19.1 Å². The molecule has 2 aliphatic heterocycles. The summed E-state index contributed by atoms with van der Waals surface area (Å²) < 4.78 is 11.6. The van der Waals surface area contributed by atoms with Crippen molar-refractivity contribution in [2.24, 2.45) is 10.5 Å². The Morgan fingerprint density at radius 1 is 1.12 bits per heavy atom. The molecule has 0 aromatic heterocycles. The Morgan fingerprint density at radius 3 is 2.47 bits per heavy atom. The van der Waals surface area contributed by atoms with Gasteiger partial charge in [-0.25, -0.2) is 5.01 Å². The van der Waals surface area contributed by atoms with Crippen LogP contribution in [0.1, 0.15) is 37.8 Å². The number of methoxy groups -OCH3 is 1. The lowest BCUT2D eigenvalue weighted by molar-refractivity contribution is -0.139. The Morgan fingerprint density at radius 2 is 1.82 bits per heavy atom. The minimum absolute atomic E-state index is 0.0191. The first-order chi connectivity index (χ1) is 16.3. The van der Waals surface area contributed by atoms with Gasteiger partial charge in [0.05, 0.1) is 24.3 Å². The molecule has 2 amide bonds. The van der Waals surface area contributed by atoms with E-state index in [0.29, 0.717) is 49.7 Å². The average Bonchev–Trinajstić information content (AvgIpc) is 3.11. The molecule has 8 heteroatoms. The van der Waals surface area contributed by atoms with Crippen LogP contribution in [0.5, 0.6) is 11.5 Å². The lowest BCUT2D eigenvalue weighted by Crippen LogP contribution is -2.48. The fourth-order valence-electron chi connectivity index (χ4n) is 4.45. The van der Waals surface area contributed by atoms with Crippen molar-refractivity contribution in [1.82, 2.24) is 9.91 Å². The van der Waals surface area contributed by atoms with Crippen LogP contribution in [0, 0.1) is 5.41 Å². The van der Waals surface area contributed by atoms with Crippen LogP contribution < -0.4 is 9.47 Å². The molecule has 2 heterocycles. The third kappa shape index (κ3) is 4.75. The average molecular weight is 484 g/mol. The zero-order valence-electron chi connectivity index (χ0n) is 19.8. The third-order valence-electron chi connectivity index (χ3n) is 6.49. The van der Waals surface area contributed by atoms with E-state index in [2.05, 4.69) is 0 Å². The van der Waals surface area contributed by atoms with Gasteiger partial charge in [-0.15, -0.1) is 11.6 Å². The highest BCUT2D eigenvalue weighted by atomic mass is 35.5. The van der Waals surface area contributed by atoms with Crippen molar-refractivity contribution in [3.05, 3.63) is 59.7 Å². The molecule has 0 unspecified atom stereocenters. The molecule has 0 spiro atoms. The summed E-state index contributed by atoms with van der Waals surface area (Å²) in [5.41, 5.74) is 1.78. The van der Waals surface area contributed by atoms with Gasteiger partial charge in [-0.05, 0) is 50.5 Å². The number of hydrogen-bond acceptors (Lipinski definition) is 5. The van der Waals surface area contributed by atoms with Crippen LogP contribution in [0.3, 0.4) is 0 Å². The van der Waals surface area contributed by atoms with Gasteiger partial charge in [0.2, 0.25) is 5.91 Å². The number of likely N-dealkylation sites (tertiary alicyclic amines) is 1. The molecule has 4 rings (SSSR count). The molecule has 0 radical (unpaired) electrons. The highest BCUT2D eigenvalue weighted by Gasteiger charge is 2.46. The number of alkyl halides is 1. The summed E-state index contributed by atoms with van der Waals surface area (Å²) in [5.74, 6) is 1.09. The van der Waals surface area contributed by atoms with Gasteiger partial charge in [-0.2, -0.15) is 5.10 Å². The summed E-state index contributed by atoms with van der Waals surface area (Å²) in [4.78, 5) is 27.0. The molecule has 1 fully saturated rings. The Bertz CT molecular complexity index is 1080. The maximum absolute atomic E-state index is 13.4. The van der Waals surface area contributed by atoms with Gasteiger partial charge in [0.15, 0.2) is 11.5 Å². The molecule has 34 heavy (non-hydrogen) atoms. The molecule has 2 aromatic rings. The number of halogens is 1. The van der Waals surface area contributed by atoms with Crippen molar-refractivity contribution in [3.8, 4) is 11.5 Å². The number of carbonyl (C=O) groups is 2. The molecule has 0 N–H and O–H groups in total. The predicted octanol–water partition coefficient (Wildman–Crippen LogP) is 4.08. The van der Waals surface area contributed by atoms with Crippen molar-refractivity contribution >= 4 is 29.1 Å². The SMILES string of the molecule is COc1ccc(C2=NN(C3CCN(C(=O)CCl)CC3)C(=O)C2(C)C)cc1OCc1ccccc1. The normalized spacial score (nSPS) is 18.1. The minimum Gasteiger partial charge on any atom is -0.493 e. The van der Waals surface area contributed by atoms with Crippen LogP contribution in [-0.4, -0.2) is 59.6 Å². The summed E-state index contributed by atoms with van der Waals surface area (Å²) in [7, 11) is 1.61. The number of hydrogen-bond donors (Lipinski definition) is 0. The first-order valence-corrected chi connectivity index (χ1v) is 12.0. The van der Waals surface area contributed by atoms with Gasteiger partial charge in [-0.3, -0.25) is 9.59 Å². The molecule has 0 saturated carbocycles. The van der Waals surface area contributed by atoms with Gasteiger partial charge in [0, 0.05) is 18.7 Å². The Labute approximate surface area is 205 Å². The lowest BCUT2D eigenvalue weighted by atomic mass is 9.83. The zero-order chi connectivity index (χ0) is 24.3. The lowest BCUT2D eigenvalue weighted by Gasteiger charge is -2.35. The minimum atomic E-state index is -0.783. The van der Waals surface area contributed by atoms with E-state index in [0.717, 1.165) is 11.1 Å². The molecule has 7 nitrogen and oxygen atoms in total. The van der Waals surface area contributed by atoms with Crippen molar-refractivity contribution in [2.45, 2.75) is 39.3 Å². The molecule has 0 bridgehead atoms. The highest BCUT2D eigenvalue weighted by molar-refractivity contribution is 6.27. The summed E-state index contributed by atoms with van der Waals surface area (Å²) in [6.45, 7) is 5.35. The van der Waals surface area contributed by atoms with E-state index in [1.165, 1.54) is 0 Å². The van der Waals surface area contributed by atoms with E-state index >= 15 is 0 Å². The van der Waals surface area contributed by atoms with Gasteiger partial charge < -0.3 is 14.4 Å². The largest absolute Gasteiger partial charge is 0.493 e. The van der Waals surface area contributed by atoms with Crippen molar-refractivity contribution in [2.75, 3.05) is 26.1 Å². The summed E-state index contributed by atoms with van der Waals surface area (Å²) in [6, 6.07) is 15.5. The second-order valence-electron chi connectivity index (χ2n) is 9.11. The molecular formula is C26H30ClN3O4. The Balaban J connectivity index is 1.56. The molecule has 0 aliphatic carbocycles. The first kappa shape index (κ1) is 24.1. The summed E-state index contributed by atoms with van der Waals surface area (Å²) in [5, 5.41) is 6.41. The van der Waals surface area contributed by atoms with Gasteiger partial charge in [0.25, 0.3) is 5.91 Å². The van der Waals surface area contributed by atoms with E-state index in [1.54, 1.807) is 17.0 Å². The van der Waals surface area contributed by atoms with Crippen LogP contribution in [0.15, 0.2) is 53.6 Å².